The maximum atomic E-state index is 13.3. The van der Waals surface area contributed by atoms with Gasteiger partial charge in [0, 0.05) is 11.6 Å². The third-order valence-corrected chi connectivity index (χ3v) is 6.62. The molecule has 0 amide bonds. The largest absolute Gasteiger partial charge is 0.507 e. The Kier molecular flexibility index (Phi) is 5.42. The van der Waals surface area contributed by atoms with Crippen molar-refractivity contribution in [3.05, 3.63) is 72.3 Å². The zero-order valence-corrected chi connectivity index (χ0v) is 19.3. The number of rotatable bonds is 4. The lowest BCUT2D eigenvalue weighted by Crippen LogP contribution is -2.04. The Bertz CT molecular complexity index is 1760. The Labute approximate surface area is 202 Å². The second-order valence-electron chi connectivity index (χ2n) is 8.03. The van der Waals surface area contributed by atoms with Crippen LogP contribution in [0, 0.1) is 0 Å². The summed E-state index contributed by atoms with van der Waals surface area (Å²) in [5.41, 5.74) is 1.24. The topological polar surface area (TPSA) is 113 Å². The molecule has 36 heavy (non-hydrogen) atoms. The van der Waals surface area contributed by atoms with E-state index in [4.69, 9.17) is 4.74 Å². The molecule has 0 aliphatic heterocycles. The second kappa shape index (κ2) is 8.25. The van der Waals surface area contributed by atoms with E-state index in [1.807, 2.05) is 0 Å². The van der Waals surface area contributed by atoms with E-state index in [1.165, 1.54) is 19.2 Å². The van der Waals surface area contributed by atoms with Gasteiger partial charge < -0.3 is 14.8 Å². The van der Waals surface area contributed by atoms with Gasteiger partial charge in [-0.2, -0.15) is 21.6 Å². The zero-order valence-electron chi connectivity index (χ0n) is 18.5. The molecule has 0 fully saturated rings. The van der Waals surface area contributed by atoms with Gasteiger partial charge in [0.2, 0.25) is 0 Å². The van der Waals surface area contributed by atoms with Crippen LogP contribution >= 0.6 is 0 Å². The van der Waals surface area contributed by atoms with E-state index in [9.17, 15) is 31.2 Å². The maximum absolute atomic E-state index is 13.3. The first-order valence-electron chi connectivity index (χ1n) is 10.5. The van der Waals surface area contributed by atoms with Gasteiger partial charge in [0.25, 0.3) is 10.1 Å². The van der Waals surface area contributed by atoms with Crippen molar-refractivity contribution in [2.75, 3.05) is 7.11 Å². The van der Waals surface area contributed by atoms with Crippen LogP contribution in [-0.2, 0) is 16.3 Å². The van der Waals surface area contributed by atoms with E-state index >= 15 is 0 Å². The van der Waals surface area contributed by atoms with Crippen LogP contribution in [0.25, 0.3) is 44.3 Å². The Morgan fingerprint density at radius 2 is 1.69 bits per heavy atom. The average molecular weight is 514 g/mol. The molecular weight excluding hydrogens is 497 g/mol. The third kappa shape index (κ3) is 4.01. The van der Waals surface area contributed by atoms with Crippen molar-refractivity contribution in [2.45, 2.75) is 11.1 Å². The first-order valence-corrected chi connectivity index (χ1v) is 11.9. The van der Waals surface area contributed by atoms with Crippen molar-refractivity contribution in [3.63, 3.8) is 0 Å². The number of imidazole rings is 1. The molecule has 184 valence electrons. The minimum Gasteiger partial charge on any atom is -0.507 e. The average Bonchev–Trinajstić information content (AvgIpc) is 3.26. The molecule has 0 spiro atoms. The number of H-pyrrole nitrogens is 1. The fourth-order valence-corrected chi connectivity index (χ4v) is 4.73. The molecule has 1 heterocycles. The smallest absolute Gasteiger partial charge is 0.416 e. The normalized spacial score (nSPS) is 12.4. The summed E-state index contributed by atoms with van der Waals surface area (Å²) in [6, 6.07) is 15.2. The lowest BCUT2D eigenvalue weighted by molar-refractivity contribution is -0.137. The van der Waals surface area contributed by atoms with Crippen LogP contribution < -0.4 is 4.74 Å². The van der Waals surface area contributed by atoms with E-state index in [-0.39, 0.29) is 11.1 Å². The standard InChI is InChI=1S/C25H17F3N2O5S/c1-35-23-17(13-4-2-5-15(10-13)25(26,27)28)6-3-7-18(23)24-29-19-9-8-14-11-16(36(32,33)34)12-20(31)21(14)22(19)30-24/h2-12,31H,1H3,(H,29,30)(H,32,33,34). The predicted molar refractivity (Wildman–Crippen MR) is 128 cm³/mol. The summed E-state index contributed by atoms with van der Waals surface area (Å²) in [6.45, 7) is 0. The van der Waals surface area contributed by atoms with Gasteiger partial charge in [-0.25, -0.2) is 4.98 Å². The lowest BCUT2D eigenvalue weighted by atomic mass is 9.99. The van der Waals surface area contributed by atoms with Crippen LogP contribution in [0.2, 0.25) is 0 Å². The monoisotopic (exact) mass is 514 g/mol. The molecule has 0 radical (unpaired) electrons. The number of nitrogens with zero attached hydrogens (tertiary/aromatic N) is 1. The predicted octanol–water partition coefficient (Wildman–Crippen LogP) is 6.03. The molecule has 1 aromatic heterocycles. The van der Waals surface area contributed by atoms with Crippen molar-refractivity contribution in [3.8, 4) is 34.0 Å². The Morgan fingerprint density at radius 3 is 2.39 bits per heavy atom. The molecule has 0 saturated carbocycles. The number of phenols is 1. The molecule has 0 aliphatic carbocycles. The van der Waals surface area contributed by atoms with E-state index in [1.54, 1.807) is 36.4 Å². The molecule has 3 N–H and O–H groups in total. The second-order valence-corrected chi connectivity index (χ2v) is 9.45. The number of aromatic nitrogens is 2. The third-order valence-electron chi connectivity index (χ3n) is 5.79. The van der Waals surface area contributed by atoms with E-state index < -0.39 is 32.5 Å². The molecule has 7 nitrogen and oxygen atoms in total. The number of alkyl halides is 3. The van der Waals surface area contributed by atoms with Crippen molar-refractivity contribution in [2.24, 2.45) is 0 Å². The molecule has 0 bridgehead atoms. The summed E-state index contributed by atoms with van der Waals surface area (Å²) in [5.74, 6) is 0.216. The molecule has 11 heteroatoms. The molecule has 0 aliphatic rings. The lowest BCUT2D eigenvalue weighted by Gasteiger charge is -2.14. The van der Waals surface area contributed by atoms with Gasteiger partial charge in [-0.3, -0.25) is 4.55 Å². The molecule has 0 saturated heterocycles. The summed E-state index contributed by atoms with van der Waals surface area (Å²) in [4.78, 5) is 7.23. The highest BCUT2D eigenvalue weighted by atomic mass is 32.2. The van der Waals surface area contributed by atoms with E-state index in [0.29, 0.717) is 38.9 Å². The number of hydrogen-bond donors (Lipinski definition) is 3. The SMILES string of the molecule is COc1c(-c2cccc(C(F)(F)F)c2)cccc1-c1nc2c(ccc3cc(S(=O)(=O)O)cc(O)c32)[nH]1. The van der Waals surface area contributed by atoms with Crippen LogP contribution in [0.1, 0.15) is 5.56 Å². The van der Waals surface area contributed by atoms with Crippen LogP contribution in [0.15, 0.2) is 71.6 Å². The van der Waals surface area contributed by atoms with E-state index in [0.717, 1.165) is 18.2 Å². The Balaban J connectivity index is 1.70. The number of aromatic hydroxyl groups is 1. The number of nitrogens with one attached hydrogen (secondary N) is 1. The summed E-state index contributed by atoms with van der Waals surface area (Å²) < 4.78 is 77.8. The highest BCUT2D eigenvalue weighted by Gasteiger charge is 2.31. The number of phenolic OH excluding ortho intramolecular Hbond substituents is 1. The van der Waals surface area contributed by atoms with Gasteiger partial charge in [0.05, 0.1) is 34.0 Å². The minimum atomic E-state index is -4.54. The number of benzene rings is 4. The summed E-state index contributed by atoms with van der Waals surface area (Å²) in [6.07, 6.45) is -4.50. The summed E-state index contributed by atoms with van der Waals surface area (Å²) in [7, 11) is -3.14. The highest BCUT2D eigenvalue weighted by molar-refractivity contribution is 7.85. The van der Waals surface area contributed by atoms with Crippen molar-refractivity contribution in [1.29, 1.82) is 0 Å². The van der Waals surface area contributed by atoms with Gasteiger partial charge in [0.15, 0.2) is 0 Å². The van der Waals surface area contributed by atoms with Crippen molar-refractivity contribution in [1.82, 2.24) is 9.97 Å². The molecule has 0 atom stereocenters. The first-order chi connectivity index (χ1) is 17.0. The molecular formula is C25H17F3N2O5S. The molecule has 5 rings (SSSR count). The van der Waals surface area contributed by atoms with Crippen molar-refractivity contribution < 1.29 is 36.0 Å². The number of methoxy groups -OCH3 is 1. The number of fused-ring (bicyclic) bond motifs is 3. The van der Waals surface area contributed by atoms with E-state index in [2.05, 4.69) is 9.97 Å². The highest BCUT2D eigenvalue weighted by Crippen LogP contribution is 2.41. The quantitative estimate of drug-likeness (QED) is 0.253. The number of para-hydroxylation sites is 1. The van der Waals surface area contributed by atoms with Gasteiger partial charge in [-0.05, 0) is 41.3 Å². The van der Waals surface area contributed by atoms with Gasteiger partial charge in [-0.15, -0.1) is 0 Å². The minimum absolute atomic E-state index is 0.260. The Morgan fingerprint density at radius 1 is 0.972 bits per heavy atom. The number of halogens is 3. The zero-order chi connectivity index (χ0) is 25.8. The molecule has 4 aromatic carbocycles. The number of hydrogen-bond acceptors (Lipinski definition) is 5. The van der Waals surface area contributed by atoms with Gasteiger partial charge >= 0.3 is 6.18 Å². The molecule has 0 unspecified atom stereocenters. The fraction of sp³-hybridized carbons (Fsp3) is 0.0800. The van der Waals surface area contributed by atoms with Gasteiger partial charge in [-0.1, -0.05) is 30.3 Å². The maximum Gasteiger partial charge on any atom is 0.416 e. The van der Waals surface area contributed by atoms with Gasteiger partial charge in [0.1, 0.15) is 22.8 Å². The van der Waals surface area contributed by atoms with Crippen molar-refractivity contribution >= 4 is 31.9 Å². The van der Waals surface area contributed by atoms with Crippen LogP contribution in [0.3, 0.4) is 0 Å². The van der Waals surface area contributed by atoms with Crippen LogP contribution in [0.5, 0.6) is 11.5 Å². The first kappa shape index (κ1) is 23.6. The molecule has 5 aromatic rings. The number of aromatic amines is 1. The van der Waals surface area contributed by atoms with Crippen LogP contribution in [0.4, 0.5) is 13.2 Å². The Hall–Kier alpha value is -4.09. The number of ether oxygens (including phenoxy) is 1. The van der Waals surface area contributed by atoms with Crippen LogP contribution in [-0.4, -0.2) is 35.2 Å². The fourth-order valence-electron chi connectivity index (χ4n) is 4.19. The summed E-state index contributed by atoms with van der Waals surface area (Å²) in [5, 5.41) is 11.1. The summed E-state index contributed by atoms with van der Waals surface area (Å²) >= 11 is 0.